The van der Waals surface area contributed by atoms with Gasteiger partial charge in [-0.3, -0.25) is 4.90 Å². The average molecular weight is 525 g/mol. The number of benzene rings is 1. The van der Waals surface area contributed by atoms with Crippen LogP contribution in [-0.2, 0) is 6.42 Å². The average Bonchev–Trinajstić information content (AvgIpc) is 2.80. The molecule has 0 amide bonds. The van der Waals surface area contributed by atoms with Crippen LogP contribution in [-0.4, -0.2) is 40.9 Å². The zero-order chi connectivity index (χ0) is 29.1. The van der Waals surface area contributed by atoms with E-state index in [1.54, 1.807) is 0 Å². The first-order chi connectivity index (χ1) is 18.1. The van der Waals surface area contributed by atoms with Gasteiger partial charge in [-0.1, -0.05) is 61.7 Å². The van der Waals surface area contributed by atoms with E-state index in [1.807, 2.05) is 32.8 Å². The second-order valence-electron chi connectivity index (χ2n) is 12.2. The molecule has 0 unspecified atom stereocenters. The van der Waals surface area contributed by atoms with E-state index in [4.69, 9.17) is 5.73 Å². The van der Waals surface area contributed by atoms with Gasteiger partial charge in [0, 0.05) is 17.2 Å². The molecule has 4 nitrogen and oxygen atoms in total. The summed E-state index contributed by atoms with van der Waals surface area (Å²) in [5.41, 5.74) is 16.8. The Labute approximate surface area is 234 Å². The topological polar surface area (TPSA) is 69.7 Å². The van der Waals surface area contributed by atoms with E-state index in [-0.39, 0.29) is 23.3 Å². The van der Waals surface area contributed by atoms with Crippen LogP contribution in [0.3, 0.4) is 0 Å². The molecule has 0 saturated heterocycles. The fourth-order valence-corrected chi connectivity index (χ4v) is 7.32. The third kappa shape index (κ3) is 4.40. The summed E-state index contributed by atoms with van der Waals surface area (Å²) in [6, 6.07) is 3.96. The molecular weight excluding hydrogens is 480 g/mol. The summed E-state index contributed by atoms with van der Waals surface area (Å²) in [5, 5.41) is 23.9. The largest absolute Gasteiger partial charge is 0.510 e. The molecule has 0 fully saturated rings. The van der Waals surface area contributed by atoms with Crippen LogP contribution in [0.15, 0.2) is 95.5 Å². The number of aryl methyl sites for hydroxylation is 1. The number of rotatable bonds is 5. The summed E-state index contributed by atoms with van der Waals surface area (Å²) >= 11 is 0. The SMILES string of the molecule is C=C(C)/C=C(\C=C(C)C)c1ccc(C)c2c1C[C@H]1C[C@H]3[C@H](N(C)C)C(O)=C(C(=C)N)C(=C)[C@@]3(O)C(C)=C1C2=C. The van der Waals surface area contributed by atoms with Crippen molar-refractivity contribution < 1.29 is 10.2 Å². The van der Waals surface area contributed by atoms with Crippen LogP contribution in [0, 0.1) is 18.8 Å². The molecule has 1 aromatic rings. The van der Waals surface area contributed by atoms with Crippen molar-refractivity contribution in [1.82, 2.24) is 4.90 Å². The van der Waals surface area contributed by atoms with Crippen molar-refractivity contribution in [2.75, 3.05) is 14.1 Å². The van der Waals surface area contributed by atoms with Crippen LogP contribution in [0.5, 0.6) is 0 Å². The number of fused-ring (bicyclic) bond motifs is 3. The van der Waals surface area contributed by atoms with E-state index in [2.05, 4.69) is 71.4 Å². The maximum atomic E-state index is 12.5. The second kappa shape index (κ2) is 10.0. The number of allylic oxidation sites excluding steroid dienone is 8. The van der Waals surface area contributed by atoms with E-state index in [1.165, 1.54) is 22.3 Å². The van der Waals surface area contributed by atoms with Crippen LogP contribution in [0.25, 0.3) is 11.1 Å². The van der Waals surface area contributed by atoms with Gasteiger partial charge in [0.1, 0.15) is 11.4 Å². The Kier molecular flexibility index (Phi) is 7.35. The van der Waals surface area contributed by atoms with Gasteiger partial charge in [-0.2, -0.15) is 0 Å². The first-order valence-corrected chi connectivity index (χ1v) is 13.6. The molecule has 4 heteroatoms. The summed E-state index contributed by atoms with van der Waals surface area (Å²) in [7, 11) is 3.84. The van der Waals surface area contributed by atoms with Crippen LogP contribution >= 0.6 is 0 Å². The summed E-state index contributed by atoms with van der Waals surface area (Å²) in [4.78, 5) is 1.96. The van der Waals surface area contributed by atoms with Gasteiger partial charge in [-0.25, -0.2) is 0 Å². The molecule has 206 valence electrons. The smallest absolute Gasteiger partial charge is 0.119 e. The van der Waals surface area contributed by atoms with E-state index in [0.29, 0.717) is 17.6 Å². The molecule has 3 aliphatic rings. The van der Waals surface area contributed by atoms with Gasteiger partial charge in [-0.05, 0) is 118 Å². The molecule has 0 saturated carbocycles. The Morgan fingerprint density at radius 2 is 1.74 bits per heavy atom. The molecule has 1 aromatic carbocycles. The number of likely N-dealkylation sites (N-methyl/N-ethyl adjacent to an activating group) is 1. The number of aliphatic hydroxyl groups excluding tert-OH is 1. The quantitative estimate of drug-likeness (QED) is 0.364. The maximum absolute atomic E-state index is 12.5. The van der Waals surface area contributed by atoms with E-state index < -0.39 is 11.6 Å². The van der Waals surface area contributed by atoms with Gasteiger partial charge in [0.05, 0.1) is 6.04 Å². The van der Waals surface area contributed by atoms with Gasteiger partial charge in [0.25, 0.3) is 0 Å². The highest BCUT2D eigenvalue weighted by molar-refractivity contribution is 5.90. The fourth-order valence-electron chi connectivity index (χ4n) is 7.32. The standard InChI is InChI=1S/C35H44N2O2/c1-18(2)14-25(15-19(3)4)27-13-12-20(5)30-21(6)31-22(7)35(39)23(8)32(24(9)36)34(38)33(37(10)11)29(35)17-26(31)16-28(27)30/h12-15,26,29,33,38-39H,1,6,8-9,16-17,36H2,2-5,7,10-11H3/b25-14+/t26-,29-,33-,35-/m0/s1. The minimum Gasteiger partial charge on any atom is -0.510 e. The molecule has 39 heavy (non-hydrogen) atoms. The Balaban J connectivity index is 1.98. The molecule has 0 bridgehead atoms. The van der Waals surface area contributed by atoms with Gasteiger partial charge in [0.2, 0.25) is 0 Å². The van der Waals surface area contributed by atoms with E-state index in [9.17, 15) is 10.2 Å². The maximum Gasteiger partial charge on any atom is 0.119 e. The number of nitrogens with two attached hydrogens (primary N) is 1. The lowest BCUT2D eigenvalue weighted by Crippen LogP contribution is -2.58. The molecule has 4 rings (SSSR count). The van der Waals surface area contributed by atoms with Crippen LogP contribution in [0.2, 0.25) is 0 Å². The Hall–Kier alpha value is -3.34. The summed E-state index contributed by atoms with van der Waals surface area (Å²) in [5.74, 6) is -0.0350. The molecule has 0 aromatic heterocycles. The predicted octanol–water partition coefficient (Wildman–Crippen LogP) is 6.96. The van der Waals surface area contributed by atoms with Gasteiger partial charge in [-0.15, -0.1) is 0 Å². The Morgan fingerprint density at radius 3 is 2.28 bits per heavy atom. The minimum absolute atomic E-state index is 0.130. The highest BCUT2D eigenvalue weighted by atomic mass is 16.3. The van der Waals surface area contributed by atoms with Crippen molar-refractivity contribution in [1.29, 1.82) is 0 Å². The monoisotopic (exact) mass is 524 g/mol. The lowest BCUT2D eigenvalue weighted by atomic mass is 9.55. The van der Waals surface area contributed by atoms with E-state index in [0.717, 1.165) is 39.8 Å². The molecule has 4 atom stereocenters. The predicted molar refractivity (Wildman–Crippen MR) is 165 cm³/mol. The molecule has 0 radical (unpaired) electrons. The molecule has 4 N–H and O–H groups in total. The zero-order valence-electron chi connectivity index (χ0n) is 24.7. The Morgan fingerprint density at radius 1 is 1.10 bits per heavy atom. The van der Waals surface area contributed by atoms with Crippen molar-refractivity contribution >= 4 is 11.1 Å². The lowest BCUT2D eigenvalue weighted by Gasteiger charge is -2.54. The number of hydrogen-bond acceptors (Lipinski definition) is 4. The molecule has 0 heterocycles. The molecule has 0 spiro atoms. The van der Waals surface area contributed by atoms with Crippen molar-refractivity contribution in [3.8, 4) is 0 Å². The van der Waals surface area contributed by atoms with Gasteiger partial charge >= 0.3 is 0 Å². The normalized spacial score (nSPS) is 26.8. The molecule has 0 aliphatic heterocycles. The second-order valence-corrected chi connectivity index (χ2v) is 12.2. The van der Waals surface area contributed by atoms with E-state index >= 15 is 0 Å². The highest BCUT2D eigenvalue weighted by Gasteiger charge is 2.57. The number of hydrogen-bond donors (Lipinski definition) is 3. The van der Waals surface area contributed by atoms with Crippen LogP contribution < -0.4 is 5.73 Å². The van der Waals surface area contributed by atoms with Crippen molar-refractivity contribution in [3.05, 3.63) is 118 Å². The number of nitrogens with zero attached hydrogens (tertiary/aromatic N) is 1. The molecule has 3 aliphatic carbocycles. The fraction of sp³-hybridized carbons (Fsp3) is 0.371. The summed E-state index contributed by atoms with van der Waals surface area (Å²) in [6.45, 7) is 27.3. The molecular formula is C35H44N2O2. The third-order valence-corrected chi connectivity index (χ3v) is 8.77. The third-order valence-electron chi connectivity index (χ3n) is 8.77. The first kappa shape index (κ1) is 28.7. The van der Waals surface area contributed by atoms with Crippen LogP contribution in [0.1, 0.15) is 56.4 Å². The van der Waals surface area contributed by atoms with Crippen molar-refractivity contribution in [2.45, 2.75) is 59.1 Å². The lowest BCUT2D eigenvalue weighted by molar-refractivity contribution is -0.0178. The Bertz CT molecular complexity index is 1440. The van der Waals surface area contributed by atoms with Crippen molar-refractivity contribution in [3.63, 3.8) is 0 Å². The number of aliphatic hydroxyl groups is 2. The summed E-state index contributed by atoms with van der Waals surface area (Å²) in [6.07, 6.45) is 5.86. The first-order valence-electron chi connectivity index (χ1n) is 13.6. The highest BCUT2D eigenvalue weighted by Crippen LogP contribution is 2.58. The zero-order valence-corrected chi connectivity index (χ0v) is 24.7. The van der Waals surface area contributed by atoms with Crippen LogP contribution in [0.4, 0.5) is 0 Å². The summed E-state index contributed by atoms with van der Waals surface area (Å²) < 4.78 is 0. The van der Waals surface area contributed by atoms with Gasteiger partial charge in [0.15, 0.2) is 0 Å². The van der Waals surface area contributed by atoms with Crippen molar-refractivity contribution in [2.24, 2.45) is 17.6 Å². The minimum atomic E-state index is -1.37. The van der Waals surface area contributed by atoms with Gasteiger partial charge < -0.3 is 15.9 Å².